The summed E-state index contributed by atoms with van der Waals surface area (Å²) in [5.74, 6) is 0.711. The van der Waals surface area contributed by atoms with Crippen molar-refractivity contribution in [2.75, 3.05) is 7.11 Å². The second-order valence-electron chi connectivity index (χ2n) is 7.42. The molecule has 30 heavy (non-hydrogen) atoms. The topological polar surface area (TPSA) is 102 Å². The summed E-state index contributed by atoms with van der Waals surface area (Å²) in [6.45, 7) is 2.10. The van der Waals surface area contributed by atoms with Gasteiger partial charge in [0.1, 0.15) is 17.3 Å². The van der Waals surface area contributed by atoms with Crippen LogP contribution in [0.2, 0.25) is 0 Å². The summed E-state index contributed by atoms with van der Waals surface area (Å²) >= 11 is 1.56. The number of phenolic OH excluding ortho intramolecular Hbond substituents is 1. The molecule has 0 aliphatic heterocycles. The third kappa shape index (κ3) is 4.09. The van der Waals surface area contributed by atoms with Crippen molar-refractivity contribution >= 4 is 33.6 Å². The van der Waals surface area contributed by atoms with Gasteiger partial charge in [-0.1, -0.05) is 13.0 Å². The van der Waals surface area contributed by atoms with Gasteiger partial charge >= 0.3 is 5.97 Å². The molecule has 0 bridgehead atoms. The molecule has 0 fully saturated rings. The molecule has 2 N–H and O–H groups in total. The number of nitrogens with zero attached hydrogens (tertiary/aromatic N) is 1. The number of H-pyrrole nitrogens is 1. The monoisotopic (exact) mass is 426 g/mol. The number of aromatic amines is 1. The first-order chi connectivity index (χ1) is 14.4. The standard InChI is InChI=1S/C22H22N2O5S/c1-12-3-6-14-17(9-12)30-22-20(14)21(27)23-18(24-22)11-29-19(26)8-5-13-4-7-15(25)16(10-13)28-2/h4-5,7-8,10,12,25H,3,6,9,11H2,1-2H3,(H,23,24,27)/t12-/m1/s1. The van der Waals surface area contributed by atoms with Crippen LogP contribution in [-0.4, -0.2) is 28.2 Å². The zero-order valence-corrected chi connectivity index (χ0v) is 17.5. The number of hydrogen-bond donors (Lipinski definition) is 2. The molecule has 0 unspecified atom stereocenters. The number of nitrogens with one attached hydrogen (secondary N) is 1. The maximum atomic E-state index is 12.6. The fourth-order valence-corrected chi connectivity index (χ4v) is 5.01. The molecular weight excluding hydrogens is 404 g/mol. The number of aromatic hydroxyl groups is 1. The average molecular weight is 426 g/mol. The highest BCUT2D eigenvalue weighted by atomic mass is 32.1. The molecule has 2 aromatic heterocycles. The SMILES string of the molecule is COc1cc(C=CC(=O)OCc2nc3sc4c(c3c(=O)[nH]2)CC[C@@H](C)C4)ccc1O. The second-order valence-corrected chi connectivity index (χ2v) is 8.50. The molecule has 0 saturated heterocycles. The zero-order chi connectivity index (χ0) is 21.3. The minimum Gasteiger partial charge on any atom is -0.504 e. The molecule has 4 rings (SSSR count). The lowest BCUT2D eigenvalue weighted by Crippen LogP contribution is -2.15. The Labute approximate surface area is 177 Å². The van der Waals surface area contributed by atoms with E-state index in [1.165, 1.54) is 24.1 Å². The van der Waals surface area contributed by atoms with Crippen LogP contribution in [0.25, 0.3) is 16.3 Å². The van der Waals surface area contributed by atoms with Crippen LogP contribution in [-0.2, 0) is 29.0 Å². The van der Waals surface area contributed by atoms with E-state index in [4.69, 9.17) is 9.47 Å². The van der Waals surface area contributed by atoms with E-state index >= 15 is 0 Å². The lowest BCUT2D eigenvalue weighted by molar-refractivity contribution is -0.139. The Balaban J connectivity index is 1.46. The van der Waals surface area contributed by atoms with Crippen molar-refractivity contribution in [2.24, 2.45) is 5.92 Å². The van der Waals surface area contributed by atoms with Crippen LogP contribution in [0.3, 0.4) is 0 Å². The van der Waals surface area contributed by atoms with Crippen LogP contribution in [0.15, 0.2) is 29.1 Å². The van der Waals surface area contributed by atoms with Crippen molar-refractivity contribution in [3.63, 3.8) is 0 Å². The Morgan fingerprint density at radius 1 is 1.43 bits per heavy atom. The van der Waals surface area contributed by atoms with Crippen LogP contribution in [0.4, 0.5) is 0 Å². The van der Waals surface area contributed by atoms with E-state index < -0.39 is 5.97 Å². The third-order valence-corrected chi connectivity index (χ3v) is 6.33. The van der Waals surface area contributed by atoms with Crippen LogP contribution < -0.4 is 10.3 Å². The zero-order valence-electron chi connectivity index (χ0n) is 16.7. The number of aromatic nitrogens is 2. The van der Waals surface area contributed by atoms with Gasteiger partial charge in [-0.3, -0.25) is 4.79 Å². The van der Waals surface area contributed by atoms with E-state index in [0.717, 1.165) is 24.8 Å². The van der Waals surface area contributed by atoms with Crippen molar-refractivity contribution < 1.29 is 19.4 Å². The molecular formula is C22H22N2O5S. The van der Waals surface area contributed by atoms with Gasteiger partial charge in [-0.05, 0) is 54.5 Å². The summed E-state index contributed by atoms with van der Waals surface area (Å²) in [7, 11) is 1.45. The summed E-state index contributed by atoms with van der Waals surface area (Å²) < 4.78 is 10.3. The highest BCUT2D eigenvalue weighted by Crippen LogP contribution is 2.35. The van der Waals surface area contributed by atoms with Crippen LogP contribution in [0.1, 0.15) is 35.2 Å². The maximum absolute atomic E-state index is 12.6. The summed E-state index contributed by atoms with van der Waals surface area (Å²) in [5, 5.41) is 10.3. The van der Waals surface area contributed by atoms with Gasteiger partial charge in [0, 0.05) is 11.0 Å². The predicted octanol–water partition coefficient (Wildman–Crippen LogP) is 3.58. The Bertz CT molecular complexity index is 1190. The van der Waals surface area contributed by atoms with Crippen molar-refractivity contribution in [2.45, 2.75) is 32.8 Å². The van der Waals surface area contributed by atoms with Gasteiger partial charge in [-0.25, -0.2) is 9.78 Å². The molecule has 1 aliphatic rings. The minimum atomic E-state index is -0.566. The van der Waals surface area contributed by atoms with Crippen LogP contribution in [0.5, 0.6) is 11.5 Å². The Kier molecular flexibility index (Phi) is 5.59. The van der Waals surface area contributed by atoms with Gasteiger partial charge in [0.05, 0.1) is 12.5 Å². The average Bonchev–Trinajstić information content (AvgIpc) is 3.09. The highest BCUT2D eigenvalue weighted by Gasteiger charge is 2.23. The molecule has 3 aromatic rings. The number of aryl methyl sites for hydroxylation is 1. The number of benzene rings is 1. The van der Waals surface area contributed by atoms with Gasteiger partial charge < -0.3 is 19.6 Å². The summed E-state index contributed by atoms with van der Waals surface area (Å²) in [6, 6.07) is 4.73. The normalized spacial score (nSPS) is 16.0. The number of ether oxygens (including phenoxy) is 2. The van der Waals surface area contributed by atoms with Gasteiger partial charge in [0.15, 0.2) is 11.5 Å². The van der Waals surface area contributed by atoms with E-state index in [0.29, 0.717) is 33.3 Å². The number of esters is 1. The summed E-state index contributed by atoms with van der Waals surface area (Å²) in [5.41, 5.74) is 1.62. The molecule has 0 saturated carbocycles. The van der Waals surface area contributed by atoms with Gasteiger partial charge in [-0.15, -0.1) is 11.3 Å². The smallest absolute Gasteiger partial charge is 0.331 e. The largest absolute Gasteiger partial charge is 0.504 e. The van der Waals surface area contributed by atoms with E-state index in [-0.39, 0.29) is 17.9 Å². The van der Waals surface area contributed by atoms with E-state index in [1.807, 2.05) is 0 Å². The lowest BCUT2D eigenvalue weighted by Gasteiger charge is -2.17. The van der Waals surface area contributed by atoms with Gasteiger partial charge in [0.2, 0.25) is 0 Å². The quantitative estimate of drug-likeness (QED) is 0.478. The first-order valence-corrected chi connectivity index (χ1v) is 10.5. The number of methoxy groups -OCH3 is 1. The number of thiophene rings is 1. The molecule has 1 aromatic carbocycles. The van der Waals surface area contributed by atoms with Crippen LogP contribution >= 0.6 is 11.3 Å². The number of rotatable bonds is 5. The Morgan fingerprint density at radius 3 is 3.07 bits per heavy atom. The fourth-order valence-electron chi connectivity index (χ4n) is 3.61. The molecule has 7 nitrogen and oxygen atoms in total. The van der Waals surface area contributed by atoms with Crippen molar-refractivity contribution in [1.82, 2.24) is 9.97 Å². The minimum absolute atomic E-state index is 0.0207. The highest BCUT2D eigenvalue weighted by molar-refractivity contribution is 7.18. The molecule has 0 spiro atoms. The molecule has 1 atom stereocenters. The van der Waals surface area contributed by atoms with Gasteiger partial charge in [0.25, 0.3) is 5.56 Å². The predicted molar refractivity (Wildman–Crippen MR) is 115 cm³/mol. The molecule has 2 heterocycles. The molecule has 156 valence electrons. The lowest BCUT2D eigenvalue weighted by atomic mass is 9.89. The summed E-state index contributed by atoms with van der Waals surface area (Å²) in [4.78, 5) is 33.8. The first kappa shape index (κ1) is 20.2. The van der Waals surface area contributed by atoms with E-state index in [9.17, 15) is 14.7 Å². The Morgan fingerprint density at radius 2 is 2.27 bits per heavy atom. The fraction of sp³-hybridized carbons (Fsp3) is 0.318. The summed E-state index contributed by atoms with van der Waals surface area (Å²) in [6.07, 6.45) is 5.79. The number of phenols is 1. The van der Waals surface area contributed by atoms with E-state index in [2.05, 4.69) is 16.9 Å². The van der Waals surface area contributed by atoms with Crippen molar-refractivity contribution in [3.05, 3.63) is 56.5 Å². The molecule has 8 heteroatoms. The maximum Gasteiger partial charge on any atom is 0.331 e. The number of hydrogen-bond acceptors (Lipinski definition) is 7. The molecule has 0 amide bonds. The number of fused-ring (bicyclic) bond motifs is 3. The molecule has 1 aliphatic carbocycles. The Hall–Kier alpha value is -3.13. The number of carbonyl (C=O) groups is 1. The number of carbonyl (C=O) groups excluding carboxylic acids is 1. The van der Waals surface area contributed by atoms with Crippen molar-refractivity contribution in [1.29, 1.82) is 0 Å². The first-order valence-electron chi connectivity index (χ1n) is 9.70. The van der Waals surface area contributed by atoms with Crippen molar-refractivity contribution in [3.8, 4) is 11.5 Å². The second kappa shape index (κ2) is 8.31. The van der Waals surface area contributed by atoms with E-state index in [1.54, 1.807) is 29.5 Å². The van der Waals surface area contributed by atoms with Crippen LogP contribution in [0, 0.1) is 5.92 Å². The van der Waals surface area contributed by atoms with Gasteiger partial charge in [-0.2, -0.15) is 0 Å². The third-order valence-electron chi connectivity index (χ3n) is 5.18. The molecule has 0 radical (unpaired) electrons.